The molecule has 0 aromatic heterocycles. The minimum atomic E-state index is -0.884. The van der Waals surface area contributed by atoms with Crippen molar-refractivity contribution in [1.29, 1.82) is 0 Å². The van der Waals surface area contributed by atoms with E-state index in [4.69, 9.17) is 4.74 Å². The second-order valence-corrected chi connectivity index (χ2v) is 4.47. The van der Waals surface area contributed by atoms with E-state index in [1.165, 1.54) is 31.4 Å². The number of carbonyl (C=O) groups excluding carboxylic acids is 1. The Morgan fingerprint density at radius 3 is 2.57 bits per heavy atom. The van der Waals surface area contributed by atoms with Gasteiger partial charge in [0, 0.05) is 17.7 Å². The van der Waals surface area contributed by atoms with E-state index in [-0.39, 0.29) is 12.5 Å². The molecule has 0 spiro atoms. The van der Waals surface area contributed by atoms with E-state index in [0.29, 0.717) is 16.9 Å². The van der Waals surface area contributed by atoms with Crippen molar-refractivity contribution in [1.82, 2.24) is 5.32 Å². The zero-order chi connectivity index (χ0) is 15.2. The van der Waals surface area contributed by atoms with Gasteiger partial charge in [0.05, 0.1) is 13.2 Å². The number of ether oxygens (including phenoxy) is 1. The molecule has 2 rings (SSSR count). The summed E-state index contributed by atoms with van der Waals surface area (Å²) in [6.45, 7) is 0.0383. The molecule has 2 N–H and O–H groups in total. The van der Waals surface area contributed by atoms with Crippen LogP contribution in [0.5, 0.6) is 5.75 Å². The number of nitrogens with one attached hydrogen (secondary N) is 1. The van der Waals surface area contributed by atoms with Gasteiger partial charge < -0.3 is 15.2 Å². The molecule has 0 saturated carbocycles. The number of methoxy groups -OCH3 is 1. The first-order valence-electron chi connectivity index (χ1n) is 6.46. The van der Waals surface area contributed by atoms with Crippen LogP contribution in [0.1, 0.15) is 22.0 Å². The maximum absolute atomic E-state index is 12.8. The Bertz CT molecular complexity index is 613. The lowest BCUT2D eigenvalue weighted by atomic mass is 10.1. The summed E-state index contributed by atoms with van der Waals surface area (Å²) in [4.78, 5) is 11.9. The predicted octanol–water partition coefficient (Wildman–Crippen LogP) is 2.30. The number of carbonyl (C=O) groups is 1. The average Bonchev–Trinajstić information content (AvgIpc) is 2.52. The maximum atomic E-state index is 12.8. The first-order valence-corrected chi connectivity index (χ1v) is 6.46. The zero-order valence-corrected chi connectivity index (χ0v) is 11.5. The molecule has 1 amide bonds. The van der Waals surface area contributed by atoms with Gasteiger partial charge in [-0.3, -0.25) is 4.79 Å². The van der Waals surface area contributed by atoms with Crippen molar-refractivity contribution in [3.8, 4) is 5.75 Å². The third-order valence-electron chi connectivity index (χ3n) is 3.06. The van der Waals surface area contributed by atoms with Gasteiger partial charge in [-0.05, 0) is 30.3 Å². The highest BCUT2D eigenvalue weighted by molar-refractivity contribution is 5.94. The van der Waals surface area contributed by atoms with Crippen LogP contribution in [-0.4, -0.2) is 24.7 Å². The van der Waals surface area contributed by atoms with Crippen LogP contribution in [0.15, 0.2) is 48.5 Å². The van der Waals surface area contributed by atoms with Crippen LogP contribution >= 0.6 is 0 Å². The van der Waals surface area contributed by atoms with E-state index in [1.807, 2.05) is 0 Å². The number of rotatable bonds is 5. The third kappa shape index (κ3) is 3.79. The number of amides is 1. The highest BCUT2D eigenvalue weighted by Gasteiger charge is 2.14. The molecule has 0 fully saturated rings. The molecular weight excluding hydrogens is 273 g/mol. The molecule has 0 saturated heterocycles. The Balaban J connectivity index is 1.99. The van der Waals surface area contributed by atoms with E-state index in [9.17, 15) is 14.3 Å². The molecule has 0 unspecified atom stereocenters. The van der Waals surface area contributed by atoms with Crippen molar-refractivity contribution in [3.63, 3.8) is 0 Å². The Morgan fingerprint density at radius 2 is 1.90 bits per heavy atom. The number of halogens is 1. The fourth-order valence-corrected chi connectivity index (χ4v) is 1.94. The summed E-state index contributed by atoms with van der Waals surface area (Å²) in [7, 11) is 1.52. The van der Waals surface area contributed by atoms with Gasteiger partial charge >= 0.3 is 0 Å². The number of aliphatic hydroxyl groups is 1. The summed E-state index contributed by atoms with van der Waals surface area (Å²) in [6, 6.07) is 12.3. The molecule has 0 radical (unpaired) electrons. The number of benzene rings is 2. The first kappa shape index (κ1) is 15.0. The summed E-state index contributed by atoms with van der Waals surface area (Å²) in [5.74, 6) is -0.217. The fraction of sp³-hybridized carbons (Fsp3) is 0.188. The summed E-state index contributed by atoms with van der Waals surface area (Å²) in [5.41, 5.74) is 0.933. The summed E-state index contributed by atoms with van der Waals surface area (Å²) >= 11 is 0. The van der Waals surface area contributed by atoms with E-state index >= 15 is 0 Å². The van der Waals surface area contributed by atoms with Gasteiger partial charge in [-0.15, -0.1) is 0 Å². The molecule has 0 aliphatic heterocycles. The van der Waals surface area contributed by atoms with Crippen LogP contribution < -0.4 is 10.1 Å². The van der Waals surface area contributed by atoms with Crippen molar-refractivity contribution in [2.45, 2.75) is 6.10 Å². The number of hydrogen-bond donors (Lipinski definition) is 2. The molecular formula is C16H16FNO3. The van der Waals surface area contributed by atoms with E-state index in [2.05, 4.69) is 5.32 Å². The monoisotopic (exact) mass is 289 g/mol. The summed E-state index contributed by atoms with van der Waals surface area (Å²) < 4.78 is 17.9. The lowest BCUT2D eigenvalue weighted by Gasteiger charge is -2.15. The molecule has 2 aromatic carbocycles. The number of aliphatic hydroxyl groups excluding tert-OH is 1. The molecule has 2 aromatic rings. The zero-order valence-electron chi connectivity index (χ0n) is 11.5. The van der Waals surface area contributed by atoms with Crippen LogP contribution in [0.25, 0.3) is 0 Å². The van der Waals surface area contributed by atoms with Crippen molar-refractivity contribution in [2.75, 3.05) is 13.7 Å². The number of para-hydroxylation sites is 1. The summed E-state index contributed by atoms with van der Waals surface area (Å²) in [5, 5.41) is 12.7. The van der Waals surface area contributed by atoms with Gasteiger partial charge in [0.2, 0.25) is 0 Å². The largest absolute Gasteiger partial charge is 0.496 e. The highest BCUT2D eigenvalue weighted by atomic mass is 19.1. The Hall–Kier alpha value is -2.40. The molecule has 4 nitrogen and oxygen atoms in total. The molecule has 1 atom stereocenters. The Kier molecular flexibility index (Phi) is 4.90. The molecule has 5 heteroatoms. The van der Waals surface area contributed by atoms with E-state index < -0.39 is 11.9 Å². The number of hydrogen-bond acceptors (Lipinski definition) is 3. The smallest absolute Gasteiger partial charge is 0.251 e. The van der Waals surface area contributed by atoms with Crippen LogP contribution in [0.2, 0.25) is 0 Å². The van der Waals surface area contributed by atoms with E-state index in [1.54, 1.807) is 24.3 Å². The minimum Gasteiger partial charge on any atom is -0.496 e. The first-order chi connectivity index (χ1) is 10.1. The van der Waals surface area contributed by atoms with Crippen LogP contribution in [0.3, 0.4) is 0 Å². The molecule has 0 aliphatic carbocycles. The predicted molar refractivity (Wildman–Crippen MR) is 76.7 cm³/mol. The molecule has 110 valence electrons. The molecule has 0 bridgehead atoms. The average molecular weight is 289 g/mol. The van der Waals surface area contributed by atoms with Crippen molar-refractivity contribution in [2.24, 2.45) is 0 Å². The topological polar surface area (TPSA) is 58.6 Å². The van der Waals surface area contributed by atoms with Crippen LogP contribution in [0, 0.1) is 5.82 Å². The fourth-order valence-electron chi connectivity index (χ4n) is 1.94. The normalized spacial score (nSPS) is 11.8. The summed E-state index contributed by atoms with van der Waals surface area (Å²) in [6.07, 6.45) is -0.884. The van der Waals surface area contributed by atoms with Crippen molar-refractivity contribution in [3.05, 3.63) is 65.5 Å². The molecule has 21 heavy (non-hydrogen) atoms. The standard InChI is InChI=1S/C16H16FNO3/c1-21-15-5-3-2-4-13(15)14(19)10-18-16(20)11-6-8-12(17)9-7-11/h2-9,14,19H,10H2,1H3,(H,18,20)/t14-/m1/s1. The highest BCUT2D eigenvalue weighted by Crippen LogP contribution is 2.24. The van der Waals surface area contributed by atoms with Crippen molar-refractivity contribution >= 4 is 5.91 Å². The molecule has 0 heterocycles. The maximum Gasteiger partial charge on any atom is 0.251 e. The van der Waals surface area contributed by atoms with Gasteiger partial charge in [0.25, 0.3) is 5.91 Å². The Labute approximate surface area is 122 Å². The second-order valence-electron chi connectivity index (χ2n) is 4.47. The van der Waals surface area contributed by atoms with Gasteiger partial charge in [-0.25, -0.2) is 4.39 Å². The minimum absolute atomic E-state index is 0.0383. The van der Waals surface area contributed by atoms with Gasteiger partial charge in [0.1, 0.15) is 11.6 Å². The lowest BCUT2D eigenvalue weighted by molar-refractivity contribution is 0.0914. The third-order valence-corrected chi connectivity index (χ3v) is 3.06. The van der Waals surface area contributed by atoms with Gasteiger partial charge in [0.15, 0.2) is 0 Å². The lowest BCUT2D eigenvalue weighted by Crippen LogP contribution is -2.28. The second kappa shape index (κ2) is 6.85. The van der Waals surface area contributed by atoms with Gasteiger partial charge in [-0.2, -0.15) is 0 Å². The van der Waals surface area contributed by atoms with Crippen molar-refractivity contribution < 1.29 is 19.0 Å². The van der Waals surface area contributed by atoms with Gasteiger partial charge in [-0.1, -0.05) is 18.2 Å². The quantitative estimate of drug-likeness (QED) is 0.888. The van der Waals surface area contributed by atoms with Crippen LogP contribution in [-0.2, 0) is 0 Å². The SMILES string of the molecule is COc1ccccc1[C@H](O)CNC(=O)c1ccc(F)cc1. The Morgan fingerprint density at radius 1 is 1.24 bits per heavy atom. The molecule has 0 aliphatic rings. The van der Waals surface area contributed by atoms with E-state index in [0.717, 1.165) is 0 Å². The van der Waals surface area contributed by atoms with Crippen LogP contribution in [0.4, 0.5) is 4.39 Å².